The summed E-state index contributed by atoms with van der Waals surface area (Å²) in [7, 11) is 1.64. The molecule has 2 rings (SSSR count). The maximum absolute atomic E-state index is 11.8. The molecule has 0 aliphatic rings. The Morgan fingerprint density at radius 3 is 2.41 bits per heavy atom. The van der Waals surface area contributed by atoms with Crippen molar-refractivity contribution in [1.29, 1.82) is 0 Å². The molecule has 0 aromatic heterocycles. The molecule has 0 aliphatic heterocycles. The van der Waals surface area contributed by atoms with Crippen LogP contribution in [0.15, 0.2) is 48.5 Å². The van der Waals surface area contributed by atoms with Crippen LogP contribution >= 0.6 is 0 Å². The van der Waals surface area contributed by atoms with Crippen molar-refractivity contribution in [3.05, 3.63) is 59.7 Å². The van der Waals surface area contributed by atoms with Gasteiger partial charge in [-0.25, -0.2) is 4.79 Å². The highest BCUT2D eigenvalue weighted by atomic mass is 16.6. The number of aliphatic hydroxyl groups excluding tert-OH is 1. The molecule has 0 spiro atoms. The highest BCUT2D eigenvalue weighted by Gasteiger charge is 2.17. The lowest BCUT2D eigenvalue weighted by Gasteiger charge is -2.19. The van der Waals surface area contributed by atoms with E-state index in [1.165, 1.54) is 0 Å². The molecule has 27 heavy (non-hydrogen) atoms. The summed E-state index contributed by atoms with van der Waals surface area (Å²) in [4.78, 5) is 11.8. The molecule has 0 bridgehead atoms. The van der Waals surface area contributed by atoms with Crippen molar-refractivity contribution in [2.45, 2.75) is 45.3 Å². The van der Waals surface area contributed by atoms with Gasteiger partial charge in [-0.2, -0.15) is 0 Å². The van der Waals surface area contributed by atoms with Gasteiger partial charge in [0, 0.05) is 0 Å². The molecule has 0 heterocycles. The third-order valence-electron chi connectivity index (χ3n) is 3.89. The van der Waals surface area contributed by atoms with E-state index in [1.54, 1.807) is 25.3 Å². The SMILES string of the molecule is COc1ccc(CC[C@H](O)c2cccc(OCC(=O)OC(C)(C)C)c2)cc1. The fourth-order valence-corrected chi connectivity index (χ4v) is 2.59. The molecule has 0 saturated heterocycles. The lowest BCUT2D eigenvalue weighted by Crippen LogP contribution is -2.27. The summed E-state index contributed by atoms with van der Waals surface area (Å²) in [6, 6.07) is 15.0. The summed E-state index contributed by atoms with van der Waals surface area (Å²) in [6.07, 6.45) is 0.716. The van der Waals surface area contributed by atoms with E-state index in [0.29, 0.717) is 12.2 Å². The van der Waals surface area contributed by atoms with Crippen LogP contribution in [-0.4, -0.2) is 30.4 Å². The van der Waals surface area contributed by atoms with Crippen LogP contribution in [0.25, 0.3) is 0 Å². The monoisotopic (exact) mass is 372 g/mol. The van der Waals surface area contributed by atoms with Crippen LogP contribution in [-0.2, 0) is 16.0 Å². The predicted molar refractivity (Wildman–Crippen MR) is 104 cm³/mol. The maximum atomic E-state index is 11.8. The minimum atomic E-state index is -0.614. The lowest BCUT2D eigenvalue weighted by molar-refractivity contribution is -0.157. The van der Waals surface area contributed by atoms with Crippen LogP contribution in [0.2, 0.25) is 0 Å². The number of rotatable bonds is 8. The first-order valence-corrected chi connectivity index (χ1v) is 9.02. The molecule has 1 atom stereocenters. The Kier molecular flexibility index (Phi) is 7.25. The second kappa shape index (κ2) is 9.42. The summed E-state index contributed by atoms with van der Waals surface area (Å²) in [6.45, 7) is 5.27. The molecule has 0 fully saturated rings. The summed E-state index contributed by atoms with van der Waals surface area (Å²) >= 11 is 0. The first kappa shape index (κ1) is 20.8. The fourth-order valence-electron chi connectivity index (χ4n) is 2.59. The largest absolute Gasteiger partial charge is 0.497 e. The Morgan fingerprint density at radius 2 is 1.78 bits per heavy atom. The molecular weight excluding hydrogens is 344 g/mol. The van der Waals surface area contributed by atoms with Crippen molar-refractivity contribution in [2.75, 3.05) is 13.7 Å². The summed E-state index contributed by atoms with van der Waals surface area (Å²) in [5, 5.41) is 10.5. The predicted octanol–water partition coefficient (Wildman–Crippen LogP) is 4.08. The van der Waals surface area contributed by atoms with E-state index in [-0.39, 0.29) is 6.61 Å². The van der Waals surface area contributed by atoms with Gasteiger partial charge in [-0.1, -0.05) is 24.3 Å². The van der Waals surface area contributed by atoms with Crippen molar-refractivity contribution < 1.29 is 24.1 Å². The molecule has 5 heteroatoms. The number of carbonyl (C=O) groups excluding carboxylic acids is 1. The van der Waals surface area contributed by atoms with Gasteiger partial charge in [-0.3, -0.25) is 0 Å². The number of aryl methyl sites for hydroxylation is 1. The van der Waals surface area contributed by atoms with Crippen molar-refractivity contribution >= 4 is 5.97 Å². The lowest BCUT2D eigenvalue weighted by atomic mass is 10.0. The molecule has 1 N–H and O–H groups in total. The third-order valence-corrected chi connectivity index (χ3v) is 3.89. The zero-order chi connectivity index (χ0) is 19.9. The van der Waals surface area contributed by atoms with Crippen LogP contribution in [0.4, 0.5) is 0 Å². The van der Waals surface area contributed by atoms with Gasteiger partial charge in [-0.15, -0.1) is 0 Å². The highest BCUT2D eigenvalue weighted by molar-refractivity contribution is 5.71. The smallest absolute Gasteiger partial charge is 0.344 e. The zero-order valence-electron chi connectivity index (χ0n) is 16.4. The van der Waals surface area contributed by atoms with E-state index in [2.05, 4.69) is 0 Å². The average Bonchev–Trinajstić information content (AvgIpc) is 2.63. The number of hydrogen-bond donors (Lipinski definition) is 1. The van der Waals surface area contributed by atoms with Gasteiger partial charge in [0.25, 0.3) is 0 Å². The van der Waals surface area contributed by atoms with Gasteiger partial charge in [0.2, 0.25) is 0 Å². The minimum Gasteiger partial charge on any atom is -0.497 e. The topological polar surface area (TPSA) is 65.0 Å². The number of ether oxygens (including phenoxy) is 3. The molecule has 0 saturated carbocycles. The third kappa shape index (κ3) is 7.31. The first-order chi connectivity index (χ1) is 12.8. The molecule has 2 aromatic rings. The highest BCUT2D eigenvalue weighted by Crippen LogP contribution is 2.24. The second-order valence-electron chi connectivity index (χ2n) is 7.35. The quantitative estimate of drug-likeness (QED) is 0.707. The van der Waals surface area contributed by atoms with E-state index < -0.39 is 17.7 Å². The molecule has 0 unspecified atom stereocenters. The molecular formula is C22H28O5. The van der Waals surface area contributed by atoms with E-state index in [1.807, 2.05) is 51.1 Å². The minimum absolute atomic E-state index is 0.164. The van der Waals surface area contributed by atoms with E-state index >= 15 is 0 Å². The molecule has 0 aliphatic carbocycles. The van der Waals surface area contributed by atoms with Crippen LogP contribution in [0.1, 0.15) is 44.4 Å². The number of hydrogen-bond acceptors (Lipinski definition) is 5. The second-order valence-corrected chi connectivity index (χ2v) is 7.35. The first-order valence-electron chi connectivity index (χ1n) is 9.02. The molecule has 146 valence electrons. The van der Waals surface area contributed by atoms with E-state index in [4.69, 9.17) is 14.2 Å². The number of methoxy groups -OCH3 is 1. The molecule has 2 aromatic carbocycles. The van der Waals surface area contributed by atoms with E-state index in [0.717, 1.165) is 23.3 Å². The number of benzene rings is 2. The van der Waals surface area contributed by atoms with Crippen molar-refractivity contribution in [2.24, 2.45) is 0 Å². The molecule has 0 amide bonds. The fraction of sp³-hybridized carbons (Fsp3) is 0.409. The van der Waals surface area contributed by atoms with E-state index in [9.17, 15) is 9.90 Å². The Labute approximate surface area is 160 Å². The number of aliphatic hydroxyl groups is 1. The Balaban J connectivity index is 1.88. The van der Waals surface area contributed by atoms with Crippen molar-refractivity contribution in [1.82, 2.24) is 0 Å². The van der Waals surface area contributed by atoms with Gasteiger partial charge >= 0.3 is 5.97 Å². The standard InChI is InChI=1S/C22H28O5/c1-22(2,3)27-21(24)15-26-19-7-5-6-17(14-19)20(23)13-10-16-8-11-18(25-4)12-9-16/h5-9,11-12,14,20,23H,10,13,15H2,1-4H3/t20-/m0/s1. The van der Waals surface area contributed by atoms with Crippen LogP contribution in [0.5, 0.6) is 11.5 Å². The summed E-state index contributed by atoms with van der Waals surface area (Å²) in [5.74, 6) is 0.920. The Morgan fingerprint density at radius 1 is 1.07 bits per heavy atom. The average molecular weight is 372 g/mol. The summed E-state index contributed by atoms with van der Waals surface area (Å²) in [5.41, 5.74) is 1.34. The number of esters is 1. The van der Waals surface area contributed by atoms with Gasteiger partial charge in [0.05, 0.1) is 13.2 Å². The van der Waals surface area contributed by atoms with Crippen LogP contribution < -0.4 is 9.47 Å². The normalized spacial score (nSPS) is 12.3. The zero-order valence-corrected chi connectivity index (χ0v) is 16.4. The number of carbonyl (C=O) groups is 1. The van der Waals surface area contributed by atoms with Crippen LogP contribution in [0, 0.1) is 0 Å². The van der Waals surface area contributed by atoms with Gasteiger partial charge in [-0.05, 0) is 69.0 Å². The maximum Gasteiger partial charge on any atom is 0.344 e. The summed E-state index contributed by atoms with van der Waals surface area (Å²) < 4.78 is 15.9. The molecule has 5 nitrogen and oxygen atoms in total. The Bertz CT molecular complexity index is 731. The van der Waals surface area contributed by atoms with Crippen molar-refractivity contribution in [3.63, 3.8) is 0 Å². The van der Waals surface area contributed by atoms with Gasteiger partial charge in [0.15, 0.2) is 6.61 Å². The molecule has 0 radical (unpaired) electrons. The van der Waals surface area contributed by atoms with Gasteiger partial charge in [0.1, 0.15) is 17.1 Å². The van der Waals surface area contributed by atoms with Gasteiger partial charge < -0.3 is 19.3 Å². The van der Waals surface area contributed by atoms with Crippen molar-refractivity contribution in [3.8, 4) is 11.5 Å². The van der Waals surface area contributed by atoms with Crippen LogP contribution in [0.3, 0.4) is 0 Å². The Hall–Kier alpha value is -2.53.